The van der Waals surface area contributed by atoms with E-state index >= 15 is 0 Å². The van der Waals surface area contributed by atoms with Crippen LogP contribution in [0.25, 0.3) is 10.2 Å². The van der Waals surface area contributed by atoms with Gasteiger partial charge < -0.3 is 9.30 Å². The van der Waals surface area contributed by atoms with Crippen LogP contribution in [-0.4, -0.2) is 28.5 Å². The molecule has 0 spiro atoms. The first-order valence-corrected chi connectivity index (χ1v) is 10.7. The molecular weight excluding hydrogens is 406 g/mol. The van der Waals surface area contributed by atoms with E-state index in [-0.39, 0.29) is 5.91 Å². The fraction of sp³-hybridized carbons (Fsp3) is 0.190. The molecule has 0 aliphatic heterocycles. The van der Waals surface area contributed by atoms with Crippen molar-refractivity contribution in [1.82, 2.24) is 9.55 Å². The van der Waals surface area contributed by atoms with E-state index in [2.05, 4.69) is 22.4 Å². The largest absolute Gasteiger partial charge is 0.465 e. The third-order valence-corrected chi connectivity index (χ3v) is 6.52. The maximum Gasteiger partial charge on any atom is 0.350 e. The summed E-state index contributed by atoms with van der Waals surface area (Å²) in [7, 11) is 1.33. The zero-order valence-electron chi connectivity index (χ0n) is 16.0. The Kier molecular flexibility index (Phi) is 5.46. The van der Waals surface area contributed by atoms with E-state index in [1.54, 1.807) is 18.3 Å². The topological polar surface area (TPSA) is 73.2 Å². The fourth-order valence-electron chi connectivity index (χ4n) is 3.18. The average Bonchev–Trinajstić information content (AvgIpc) is 3.41. The van der Waals surface area contributed by atoms with Gasteiger partial charge in [-0.2, -0.15) is 0 Å². The number of benzene rings is 1. The van der Waals surface area contributed by atoms with Gasteiger partial charge in [-0.1, -0.05) is 41.7 Å². The van der Waals surface area contributed by atoms with Crippen LogP contribution in [0.3, 0.4) is 0 Å². The standard InChI is InChI=1S/C21H19N3O3S2/c1-13-18(20(26)27-2)29-21(22-13)23-19(25)16-12-17-15(9-11-28-17)24(16)10-8-14-6-4-3-5-7-14/h3-7,9,11-12H,8,10H2,1-2H3,(H,22,23,25). The number of carbonyl (C=O) groups is 2. The van der Waals surface area contributed by atoms with Gasteiger partial charge in [-0.3, -0.25) is 10.1 Å². The lowest BCUT2D eigenvalue weighted by molar-refractivity contribution is 0.0605. The third kappa shape index (κ3) is 3.94. The number of fused-ring (bicyclic) bond motifs is 1. The first-order chi connectivity index (χ1) is 14.1. The summed E-state index contributed by atoms with van der Waals surface area (Å²) in [5.41, 5.74) is 3.38. The first-order valence-electron chi connectivity index (χ1n) is 9.04. The number of thiophene rings is 1. The molecule has 1 aromatic carbocycles. The minimum atomic E-state index is -0.452. The molecule has 0 saturated heterocycles. The van der Waals surface area contributed by atoms with Crippen LogP contribution in [0.1, 0.15) is 31.4 Å². The van der Waals surface area contributed by atoms with Gasteiger partial charge in [0.1, 0.15) is 10.6 Å². The third-order valence-electron chi connectivity index (χ3n) is 4.61. The summed E-state index contributed by atoms with van der Waals surface area (Å²) in [4.78, 5) is 29.5. The number of aryl methyl sites for hydroxylation is 3. The second kappa shape index (κ2) is 8.18. The molecule has 4 aromatic rings. The molecule has 8 heteroatoms. The number of rotatable bonds is 6. The van der Waals surface area contributed by atoms with E-state index < -0.39 is 5.97 Å². The number of esters is 1. The molecule has 148 valence electrons. The maximum absolute atomic E-state index is 13.0. The van der Waals surface area contributed by atoms with Gasteiger partial charge in [0.15, 0.2) is 5.13 Å². The number of amides is 1. The molecule has 29 heavy (non-hydrogen) atoms. The van der Waals surface area contributed by atoms with Crippen molar-refractivity contribution in [3.05, 3.63) is 69.7 Å². The Balaban J connectivity index is 1.59. The monoisotopic (exact) mass is 425 g/mol. The van der Waals surface area contributed by atoms with Crippen molar-refractivity contribution in [3.8, 4) is 0 Å². The van der Waals surface area contributed by atoms with Crippen LogP contribution in [0.2, 0.25) is 0 Å². The number of methoxy groups -OCH3 is 1. The lowest BCUT2D eigenvalue weighted by atomic mass is 10.1. The van der Waals surface area contributed by atoms with Gasteiger partial charge in [-0.05, 0) is 36.4 Å². The molecule has 3 aromatic heterocycles. The number of ether oxygens (including phenoxy) is 1. The fourth-order valence-corrected chi connectivity index (χ4v) is 4.89. The van der Waals surface area contributed by atoms with Crippen LogP contribution in [0, 0.1) is 6.92 Å². The molecular formula is C21H19N3O3S2. The Morgan fingerprint density at radius 1 is 1.21 bits per heavy atom. The Morgan fingerprint density at radius 3 is 2.76 bits per heavy atom. The highest BCUT2D eigenvalue weighted by atomic mass is 32.1. The zero-order chi connectivity index (χ0) is 20.4. The van der Waals surface area contributed by atoms with Crippen molar-refractivity contribution < 1.29 is 14.3 Å². The van der Waals surface area contributed by atoms with Gasteiger partial charge in [0.2, 0.25) is 0 Å². The molecule has 0 saturated carbocycles. The molecule has 0 fully saturated rings. The molecule has 0 aliphatic rings. The van der Waals surface area contributed by atoms with Crippen LogP contribution in [0.5, 0.6) is 0 Å². The number of hydrogen-bond acceptors (Lipinski definition) is 6. The summed E-state index contributed by atoms with van der Waals surface area (Å²) in [6.45, 7) is 2.41. The number of thiazole rings is 1. The van der Waals surface area contributed by atoms with Crippen molar-refractivity contribution in [2.75, 3.05) is 12.4 Å². The predicted octanol–water partition coefficient (Wildman–Crippen LogP) is 4.75. The Bertz CT molecular complexity index is 1170. The molecule has 0 radical (unpaired) electrons. The lowest BCUT2D eigenvalue weighted by Gasteiger charge is -2.10. The highest BCUT2D eigenvalue weighted by molar-refractivity contribution is 7.18. The molecule has 0 bridgehead atoms. The van der Waals surface area contributed by atoms with Gasteiger partial charge >= 0.3 is 5.97 Å². The summed E-state index contributed by atoms with van der Waals surface area (Å²) < 4.78 is 7.86. The lowest BCUT2D eigenvalue weighted by Crippen LogP contribution is -2.17. The second-order valence-electron chi connectivity index (χ2n) is 6.47. The van der Waals surface area contributed by atoms with Gasteiger partial charge in [0, 0.05) is 6.54 Å². The van der Waals surface area contributed by atoms with E-state index in [1.807, 2.05) is 40.3 Å². The number of aromatic nitrogens is 2. The predicted molar refractivity (Wildman–Crippen MR) is 116 cm³/mol. The maximum atomic E-state index is 13.0. The van der Waals surface area contributed by atoms with E-state index in [0.717, 1.165) is 28.0 Å². The van der Waals surface area contributed by atoms with Crippen LogP contribution < -0.4 is 5.32 Å². The molecule has 6 nitrogen and oxygen atoms in total. The van der Waals surface area contributed by atoms with Gasteiger partial charge in [0.05, 0.1) is 23.0 Å². The van der Waals surface area contributed by atoms with E-state index in [4.69, 9.17) is 4.74 Å². The summed E-state index contributed by atoms with van der Waals surface area (Å²) >= 11 is 2.72. The van der Waals surface area contributed by atoms with Crippen molar-refractivity contribution in [2.45, 2.75) is 19.9 Å². The molecule has 3 heterocycles. The van der Waals surface area contributed by atoms with Crippen molar-refractivity contribution >= 4 is 49.9 Å². The van der Waals surface area contributed by atoms with Gasteiger partial charge in [-0.25, -0.2) is 9.78 Å². The molecule has 0 unspecified atom stereocenters. The average molecular weight is 426 g/mol. The van der Waals surface area contributed by atoms with E-state index in [9.17, 15) is 9.59 Å². The van der Waals surface area contributed by atoms with Crippen LogP contribution in [-0.2, 0) is 17.7 Å². The Hall–Kier alpha value is -2.97. The molecule has 4 rings (SSSR count). The number of anilines is 1. The van der Waals surface area contributed by atoms with Crippen molar-refractivity contribution in [1.29, 1.82) is 0 Å². The normalized spacial score (nSPS) is 11.0. The van der Waals surface area contributed by atoms with Crippen LogP contribution >= 0.6 is 22.7 Å². The van der Waals surface area contributed by atoms with Crippen LogP contribution in [0.15, 0.2) is 47.8 Å². The van der Waals surface area contributed by atoms with E-state index in [0.29, 0.717) is 27.9 Å². The highest BCUT2D eigenvalue weighted by Gasteiger charge is 2.20. The zero-order valence-corrected chi connectivity index (χ0v) is 17.6. The summed E-state index contributed by atoms with van der Waals surface area (Å²) in [6, 6.07) is 14.1. The molecule has 0 aliphatic carbocycles. The molecule has 0 atom stereocenters. The number of nitrogens with one attached hydrogen (secondary N) is 1. The Morgan fingerprint density at radius 2 is 2.00 bits per heavy atom. The quantitative estimate of drug-likeness (QED) is 0.453. The first kappa shape index (κ1) is 19.4. The summed E-state index contributed by atoms with van der Waals surface area (Å²) in [5.74, 6) is -0.695. The number of nitrogens with zero attached hydrogens (tertiary/aromatic N) is 2. The van der Waals surface area contributed by atoms with Crippen molar-refractivity contribution in [3.63, 3.8) is 0 Å². The van der Waals surface area contributed by atoms with Crippen LogP contribution in [0.4, 0.5) is 5.13 Å². The summed E-state index contributed by atoms with van der Waals surface area (Å²) in [6.07, 6.45) is 0.823. The minimum Gasteiger partial charge on any atom is -0.465 e. The van der Waals surface area contributed by atoms with Gasteiger partial charge in [-0.15, -0.1) is 11.3 Å². The van der Waals surface area contributed by atoms with Gasteiger partial charge in [0.25, 0.3) is 5.91 Å². The Labute approximate surface area is 175 Å². The minimum absolute atomic E-state index is 0.244. The number of carbonyl (C=O) groups excluding carboxylic acids is 2. The number of hydrogen-bond donors (Lipinski definition) is 1. The second-order valence-corrected chi connectivity index (χ2v) is 8.41. The highest BCUT2D eigenvalue weighted by Crippen LogP contribution is 2.28. The molecule has 1 amide bonds. The van der Waals surface area contributed by atoms with Crippen molar-refractivity contribution in [2.24, 2.45) is 0 Å². The summed E-state index contributed by atoms with van der Waals surface area (Å²) in [5, 5.41) is 5.24. The molecule has 1 N–H and O–H groups in total. The van der Waals surface area contributed by atoms with E-state index in [1.165, 1.54) is 12.7 Å². The SMILES string of the molecule is COC(=O)c1sc(NC(=O)c2cc3sccc3n2CCc2ccccc2)nc1C. The smallest absolute Gasteiger partial charge is 0.350 e.